The number of fused-ring (bicyclic) bond motifs is 1. The molecule has 0 radical (unpaired) electrons. The van der Waals surface area contributed by atoms with Crippen LogP contribution < -0.4 is 9.47 Å². The fourth-order valence-electron chi connectivity index (χ4n) is 4.04. The number of ether oxygens (including phenoxy) is 2. The Hall–Kier alpha value is -3.27. The van der Waals surface area contributed by atoms with E-state index < -0.39 is 0 Å². The Bertz CT molecular complexity index is 1030. The lowest BCUT2D eigenvalue weighted by molar-refractivity contribution is -0.108. The SMILES string of the molecule is Cc1cc(O)cc(C)c1-c1cccc(COc2ccc3c(c2)OCC3CC=O)c1. The van der Waals surface area contributed by atoms with Crippen LogP contribution in [0.5, 0.6) is 17.2 Å². The molecule has 3 aromatic carbocycles. The molecule has 4 heteroatoms. The largest absolute Gasteiger partial charge is 0.508 e. The Morgan fingerprint density at radius 2 is 1.90 bits per heavy atom. The molecule has 0 saturated carbocycles. The number of rotatable bonds is 6. The molecule has 0 amide bonds. The Kier molecular flexibility index (Phi) is 5.26. The minimum atomic E-state index is 0.144. The van der Waals surface area contributed by atoms with Crippen LogP contribution in [0.3, 0.4) is 0 Å². The molecule has 29 heavy (non-hydrogen) atoms. The van der Waals surface area contributed by atoms with Crippen LogP contribution in [0.25, 0.3) is 11.1 Å². The van der Waals surface area contributed by atoms with Crippen molar-refractivity contribution in [2.24, 2.45) is 0 Å². The molecule has 1 unspecified atom stereocenters. The predicted molar refractivity (Wildman–Crippen MR) is 113 cm³/mol. The molecular formula is C25H24O4. The number of carbonyl (C=O) groups excluding carboxylic acids is 1. The average Bonchev–Trinajstić information content (AvgIpc) is 3.08. The minimum absolute atomic E-state index is 0.144. The van der Waals surface area contributed by atoms with Gasteiger partial charge < -0.3 is 19.4 Å². The lowest BCUT2D eigenvalue weighted by Gasteiger charge is -2.13. The van der Waals surface area contributed by atoms with Gasteiger partial charge in [-0.3, -0.25) is 0 Å². The summed E-state index contributed by atoms with van der Waals surface area (Å²) in [6.45, 7) is 5.01. The first-order valence-corrected chi connectivity index (χ1v) is 9.78. The molecule has 0 aliphatic carbocycles. The maximum atomic E-state index is 10.8. The summed E-state index contributed by atoms with van der Waals surface area (Å²) in [5, 5.41) is 9.80. The first kappa shape index (κ1) is 19.1. The molecule has 1 heterocycles. The number of phenolic OH excluding ortho intramolecular Hbond substituents is 1. The van der Waals surface area contributed by atoms with E-state index in [1.54, 1.807) is 12.1 Å². The van der Waals surface area contributed by atoms with Crippen LogP contribution in [0.2, 0.25) is 0 Å². The summed E-state index contributed by atoms with van der Waals surface area (Å²) in [6.07, 6.45) is 1.42. The van der Waals surface area contributed by atoms with Crippen molar-refractivity contribution in [2.45, 2.75) is 32.8 Å². The first-order valence-electron chi connectivity index (χ1n) is 9.78. The lowest BCUT2D eigenvalue weighted by atomic mass is 9.94. The second-order valence-corrected chi connectivity index (χ2v) is 7.55. The van der Waals surface area contributed by atoms with Gasteiger partial charge in [0.1, 0.15) is 30.1 Å². The highest BCUT2D eigenvalue weighted by atomic mass is 16.5. The number of phenols is 1. The van der Waals surface area contributed by atoms with Crippen molar-refractivity contribution in [3.8, 4) is 28.4 Å². The third-order valence-electron chi connectivity index (χ3n) is 5.38. The standard InChI is InChI=1S/C25H24O4/c1-16-10-21(27)11-17(2)25(16)19-5-3-4-18(12-19)14-28-22-6-7-23-20(8-9-26)15-29-24(23)13-22/h3-7,9-13,20,27H,8,14-15H2,1-2H3. The monoisotopic (exact) mass is 388 g/mol. The highest BCUT2D eigenvalue weighted by Gasteiger charge is 2.24. The third-order valence-corrected chi connectivity index (χ3v) is 5.38. The summed E-state index contributed by atoms with van der Waals surface area (Å²) < 4.78 is 11.7. The van der Waals surface area contributed by atoms with Crippen LogP contribution in [0.15, 0.2) is 54.6 Å². The lowest BCUT2D eigenvalue weighted by Crippen LogP contribution is -2.00. The zero-order chi connectivity index (χ0) is 20.4. The number of aldehydes is 1. The van der Waals surface area contributed by atoms with E-state index in [2.05, 4.69) is 12.1 Å². The van der Waals surface area contributed by atoms with Crippen molar-refractivity contribution in [3.63, 3.8) is 0 Å². The van der Waals surface area contributed by atoms with Crippen molar-refractivity contribution < 1.29 is 19.4 Å². The molecule has 0 spiro atoms. The van der Waals surface area contributed by atoms with Gasteiger partial charge in [-0.2, -0.15) is 0 Å². The van der Waals surface area contributed by atoms with Gasteiger partial charge in [0, 0.05) is 24.0 Å². The summed E-state index contributed by atoms with van der Waals surface area (Å²) >= 11 is 0. The molecule has 0 bridgehead atoms. The highest BCUT2D eigenvalue weighted by molar-refractivity contribution is 5.72. The van der Waals surface area contributed by atoms with Crippen LogP contribution in [0.1, 0.15) is 34.6 Å². The van der Waals surface area contributed by atoms with Gasteiger partial charge in [0.2, 0.25) is 0 Å². The van der Waals surface area contributed by atoms with Crippen LogP contribution in [0.4, 0.5) is 0 Å². The van der Waals surface area contributed by atoms with E-state index in [0.29, 0.717) is 19.6 Å². The number of aryl methyl sites for hydroxylation is 2. The van der Waals surface area contributed by atoms with Crippen molar-refractivity contribution in [1.29, 1.82) is 0 Å². The summed E-state index contributed by atoms with van der Waals surface area (Å²) in [5.74, 6) is 1.99. The van der Waals surface area contributed by atoms with Crippen LogP contribution in [-0.4, -0.2) is 18.0 Å². The molecule has 1 atom stereocenters. The van der Waals surface area contributed by atoms with E-state index in [1.807, 2.05) is 44.2 Å². The van der Waals surface area contributed by atoms with E-state index in [4.69, 9.17) is 9.47 Å². The Balaban J connectivity index is 1.51. The van der Waals surface area contributed by atoms with Gasteiger partial charge in [-0.1, -0.05) is 24.3 Å². The van der Waals surface area contributed by atoms with E-state index in [9.17, 15) is 9.90 Å². The van der Waals surface area contributed by atoms with Crippen molar-refractivity contribution >= 4 is 6.29 Å². The molecule has 148 valence electrons. The predicted octanol–water partition coefficient (Wildman–Crippen LogP) is 5.32. The summed E-state index contributed by atoms with van der Waals surface area (Å²) in [5.41, 5.74) is 6.47. The van der Waals surface area contributed by atoms with Crippen molar-refractivity contribution in [2.75, 3.05) is 6.61 Å². The number of benzene rings is 3. The second kappa shape index (κ2) is 8.00. The molecule has 0 fully saturated rings. The van der Waals surface area contributed by atoms with Gasteiger partial charge in [0.05, 0.1) is 6.61 Å². The zero-order valence-electron chi connectivity index (χ0n) is 16.6. The average molecular weight is 388 g/mol. The van der Waals surface area contributed by atoms with Gasteiger partial charge in [-0.05, 0) is 65.9 Å². The Labute approximate surface area is 170 Å². The van der Waals surface area contributed by atoms with E-state index >= 15 is 0 Å². The van der Waals surface area contributed by atoms with Crippen molar-refractivity contribution in [3.05, 3.63) is 76.9 Å². The molecule has 4 nitrogen and oxygen atoms in total. The quantitative estimate of drug-likeness (QED) is 0.581. The first-order chi connectivity index (χ1) is 14.0. The third kappa shape index (κ3) is 3.97. The second-order valence-electron chi connectivity index (χ2n) is 7.55. The molecule has 4 rings (SSSR count). The maximum Gasteiger partial charge on any atom is 0.126 e. The highest BCUT2D eigenvalue weighted by Crippen LogP contribution is 2.38. The number of hydrogen-bond acceptors (Lipinski definition) is 4. The van der Waals surface area contributed by atoms with Gasteiger partial charge in [-0.15, -0.1) is 0 Å². The molecular weight excluding hydrogens is 364 g/mol. The van der Waals surface area contributed by atoms with E-state index in [-0.39, 0.29) is 11.7 Å². The molecule has 1 N–H and O–H groups in total. The van der Waals surface area contributed by atoms with Crippen LogP contribution >= 0.6 is 0 Å². The smallest absolute Gasteiger partial charge is 0.126 e. The fourth-order valence-corrected chi connectivity index (χ4v) is 4.04. The number of carbonyl (C=O) groups is 1. The van der Waals surface area contributed by atoms with E-state index in [1.165, 1.54) is 0 Å². The maximum absolute atomic E-state index is 10.8. The number of hydrogen-bond donors (Lipinski definition) is 1. The fraction of sp³-hybridized carbons (Fsp3) is 0.240. The molecule has 1 aliphatic rings. The molecule has 0 saturated heterocycles. The Morgan fingerprint density at radius 1 is 1.10 bits per heavy atom. The normalized spacial score (nSPS) is 14.9. The topological polar surface area (TPSA) is 55.8 Å². The Morgan fingerprint density at radius 3 is 2.66 bits per heavy atom. The van der Waals surface area contributed by atoms with Crippen molar-refractivity contribution in [1.82, 2.24) is 0 Å². The minimum Gasteiger partial charge on any atom is -0.508 e. The van der Waals surface area contributed by atoms with Gasteiger partial charge in [-0.25, -0.2) is 0 Å². The van der Waals surface area contributed by atoms with Gasteiger partial charge in [0.15, 0.2) is 0 Å². The van der Waals surface area contributed by atoms with Gasteiger partial charge >= 0.3 is 0 Å². The summed E-state index contributed by atoms with van der Waals surface area (Å²) in [4.78, 5) is 10.8. The van der Waals surface area contributed by atoms with Gasteiger partial charge in [0.25, 0.3) is 0 Å². The van der Waals surface area contributed by atoms with Crippen LogP contribution in [-0.2, 0) is 11.4 Å². The summed E-state index contributed by atoms with van der Waals surface area (Å²) in [6, 6.07) is 17.7. The molecule has 0 aromatic heterocycles. The molecule has 3 aromatic rings. The van der Waals surface area contributed by atoms with E-state index in [0.717, 1.165) is 51.2 Å². The van der Waals surface area contributed by atoms with Crippen LogP contribution in [0, 0.1) is 13.8 Å². The molecule has 1 aliphatic heterocycles. The zero-order valence-corrected chi connectivity index (χ0v) is 16.6. The summed E-state index contributed by atoms with van der Waals surface area (Å²) in [7, 11) is 0. The number of aromatic hydroxyl groups is 1.